The Morgan fingerprint density at radius 2 is 1.88 bits per heavy atom. The number of nitrogens with one attached hydrogen (secondary N) is 1. The molecule has 0 saturated heterocycles. The van der Waals surface area contributed by atoms with Crippen molar-refractivity contribution in [2.75, 3.05) is 11.4 Å². The van der Waals surface area contributed by atoms with Crippen LogP contribution in [0.15, 0.2) is 79.4 Å². The van der Waals surface area contributed by atoms with E-state index in [0.717, 1.165) is 40.0 Å². The number of fused-ring (bicyclic) bond motifs is 2. The number of H-pyrrole nitrogens is 1. The molecule has 1 atom stereocenters. The van der Waals surface area contributed by atoms with Gasteiger partial charge in [-0.05, 0) is 24.6 Å². The van der Waals surface area contributed by atoms with Crippen LogP contribution < -0.4 is 4.90 Å². The molecule has 1 aliphatic heterocycles. The van der Waals surface area contributed by atoms with Gasteiger partial charge in [-0.2, -0.15) is 0 Å². The highest BCUT2D eigenvalue weighted by molar-refractivity contribution is 5.86. The fraction of sp³-hybridized carbons (Fsp3) is 0.120. The minimum absolute atomic E-state index is 0.00133. The van der Waals surface area contributed by atoms with Crippen LogP contribution in [-0.2, 0) is 0 Å². The first kappa shape index (κ1) is 18.6. The SMILES string of the molecule is Fc1ccc2cc(C3CC=CCN3c3ncnc4nc[nH]c34)c(-c3ccccc3)nc2c1. The number of imidazole rings is 1. The van der Waals surface area contributed by atoms with Crippen LogP contribution in [0.4, 0.5) is 10.2 Å². The second-order valence-corrected chi connectivity index (χ2v) is 7.80. The van der Waals surface area contributed by atoms with Crippen LogP contribution in [-0.4, -0.2) is 31.5 Å². The number of halogens is 1. The summed E-state index contributed by atoms with van der Waals surface area (Å²) < 4.78 is 13.9. The summed E-state index contributed by atoms with van der Waals surface area (Å²) in [5.74, 6) is 0.515. The smallest absolute Gasteiger partial charge is 0.182 e. The Balaban J connectivity index is 1.58. The largest absolute Gasteiger partial charge is 0.344 e. The Kier molecular flexibility index (Phi) is 4.38. The number of aromatic nitrogens is 5. The lowest BCUT2D eigenvalue weighted by atomic mass is 9.93. The minimum atomic E-state index is -0.290. The van der Waals surface area contributed by atoms with Gasteiger partial charge in [-0.25, -0.2) is 24.3 Å². The Labute approximate surface area is 183 Å². The highest BCUT2D eigenvalue weighted by Gasteiger charge is 2.28. The second kappa shape index (κ2) is 7.53. The van der Waals surface area contributed by atoms with Crippen molar-refractivity contribution in [3.8, 4) is 11.3 Å². The van der Waals surface area contributed by atoms with Crippen LogP contribution >= 0.6 is 0 Å². The van der Waals surface area contributed by atoms with Crippen molar-refractivity contribution in [3.63, 3.8) is 0 Å². The van der Waals surface area contributed by atoms with Gasteiger partial charge in [0.1, 0.15) is 17.7 Å². The third-order valence-electron chi connectivity index (χ3n) is 5.89. The van der Waals surface area contributed by atoms with E-state index < -0.39 is 0 Å². The van der Waals surface area contributed by atoms with Crippen molar-refractivity contribution in [3.05, 3.63) is 90.8 Å². The fourth-order valence-electron chi connectivity index (χ4n) is 4.40. The highest BCUT2D eigenvalue weighted by Crippen LogP contribution is 2.39. The molecule has 1 unspecified atom stereocenters. The maximum atomic E-state index is 13.9. The van der Waals surface area contributed by atoms with E-state index >= 15 is 0 Å². The molecule has 4 heterocycles. The number of anilines is 1. The van der Waals surface area contributed by atoms with Crippen LogP contribution in [0.2, 0.25) is 0 Å². The lowest BCUT2D eigenvalue weighted by molar-refractivity contribution is 0.627. The molecule has 2 aromatic carbocycles. The summed E-state index contributed by atoms with van der Waals surface area (Å²) in [6, 6.07) is 16.9. The molecule has 0 saturated carbocycles. The van der Waals surface area contributed by atoms with E-state index in [1.54, 1.807) is 18.7 Å². The van der Waals surface area contributed by atoms with Crippen molar-refractivity contribution in [2.24, 2.45) is 0 Å². The molecule has 1 N–H and O–H groups in total. The predicted molar refractivity (Wildman–Crippen MR) is 123 cm³/mol. The van der Waals surface area contributed by atoms with E-state index in [9.17, 15) is 4.39 Å². The Hall–Kier alpha value is -4.13. The molecule has 0 bridgehead atoms. The number of nitrogens with zero attached hydrogens (tertiary/aromatic N) is 5. The van der Waals surface area contributed by atoms with Crippen molar-refractivity contribution < 1.29 is 4.39 Å². The molecule has 0 amide bonds. The average Bonchev–Trinajstić information content (AvgIpc) is 3.33. The summed E-state index contributed by atoms with van der Waals surface area (Å²) in [7, 11) is 0. The monoisotopic (exact) mass is 422 g/mol. The molecule has 0 aliphatic carbocycles. The first-order valence-corrected chi connectivity index (χ1v) is 10.5. The Bertz CT molecular complexity index is 1460. The number of hydrogen-bond acceptors (Lipinski definition) is 5. The van der Waals surface area contributed by atoms with Crippen LogP contribution in [0.25, 0.3) is 33.3 Å². The standard InChI is InChI=1S/C25H19FN6/c26-18-10-9-17-12-19(22(31-20(17)13-18)16-6-2-1-3-7-16)21-8-4-5-11-32(21)25-23-24(28-14-27-23)29-15-30-25/h1-7,9-10,12-15,21H,8,11H2,(H,27,28,29,30). The number of rotatable bonds is 3. The van der Waals surface area contributed by atoms with Gasteiger partial charge in [-0.1, -0.05) is 42.5 Å². The van der Waals surface area contributed by atoms with E-state index in [1.165, 1.54) is 12.1 Å². The van der Waals surface area contributed by atoms with Crippen molar-refractivity contribution >= 4 is 27.9 Å². The van der Waals surface area contributed by atoms with Gasteiger partial charge in [0, 0.05) is 29.1 Å². The van der Waals surface area contributed by atoms with Crippen LogP contribution in [0, 0.1) is 5.82 Å². The molecule has 0 fully saturated rings. The molecule has 5 aromatic rings. The Morgan fingerprint density at radius 3 is 2.78 bits per heavy atom. The molecule has 32 heavy (non-hydrogen) atoms. The van der Waals surface area contributed by atoms with Gasteiger partial charge in [0.15, 0.2) is 11.5 Å². The minimum Gasteiger partial charge on any atom is -0.344 e. The molecular formula is C25H19FN6. The molecular weight excluding hydrogens is 403 g/mol. The summed E-state index contributed by atoms with van der Waals surface area (Å²) >= 11 is 0. The lowest BCUT2D eigenvalue weighted by Gasteiger charge is -2.35. The van der Waals surface area contributed by atoms with E-state index in [4.69, 9.17) is 4.98 Å². The Morgan fingerprint density at radius 1 is 0.969 bits per heavy atom. The fourth-order valence-corrected chi connectivity index (χ4v) is 4.40. The van der Waals surface area contributed by atoms with Gasteiger partial charge < -0.3 is 9.88 Å². The summed E-state index contributed by atoms with van der Waals surface area (Å²) in [6.07, 6.45) is 8.32. The van der Waals surface area contributed by atoms with Gasteiger partial charge in [-0.15, -0.1) is 0 Å². The maximum Gasteiger partial charge on any atom is 0.182 e. The molecule has 156 valence electrons. The van der Waals surface area contributed by atoms with E-state index in [1.807, 2.05) is 30.3 Å². The topological polar surface area (TPSA) is 70.6 Å². The molecule has 6 nitrogen and oxygen atoms in total. The molecule has 0 spiro atoms. The quantitative estimate of drug-likeness (QED) is 0.404. The van der Waals surface area contributed by atoms with Gasteiger partial charge in [-0.3, -0.25) is 0 Å². The van der Waals surface area contributed by atoms with Crippen LogP contribution in [0.3, 0.4) is 0 Å². The third-order valence-corrected chi connectivity index (χ3v) is 5.89. The molecule has 0 radical (unpaired) electrons. The number of pyridine rings is 1. The van der Waals surface area contributed by atoms with Crippen molar-refractivity contribution in [2.45, 2.75) is 12.5 Å². The zero-order chi connectivity index (χ0) is 21.5. The van der Waals surface area contributed by atoms with E-state index in [2.05, 4.69) is 43.1 Å². The third kappa shape index (κ3) is 3.10. The van der Waals surface area contributed by atoms with Gasteiger partial charge in [0.05, 0.1) is 23.6 Å². The first-order valence-electron chi connectivity index (χ1n) is 10.5. The number of benzene rings is 2. The van der Waals surface area contributed by atoms with Crippen LogP contribution in [0.5, 0.6) is 0 Å². The molecule has 6 rings (SSSR count). The predicted octanol–water partition coefficient (Wildman–Crippen LogP) is 5.21. The van der Waals surface area contributed by atoms with E-state index in [-0.39, 0.29) is 11.9 Å². The second-order valence-electron chi connectivity index (χ2n) is 7.80. The first-order chi connectivity index (χ1) is 15.8. The van der Waals surface area contributed by atoms with Gasteiger partial charge in [0.25, 0.3) is 0 Å². The molecule has 7 heteroatoms. The van der Waals surface area contributed by atoms with Crippen molar-refractivity contribution in [1.82, 2.24) is 24.9 Å². The van der Waals surface area contributed by atoms with Gasteiger partial charge in [0.2, 0.25) is 0 Å². The maximum absolute atomic E-state index is 13.9. The lowest BCUT2D eigenvalue weighted by Crippen LogP contribution is -2.32. The summed E-state index contributed by atoms with van der Waals surface area (Å²) in [6.45, 7) is 0.700. The number of hydrogen-bond donors (Lipinski definition) is 1. The van der Waals surface area contributed by atoms with E-state index in [0.29, 0.717) is 17.7 Å². The van der Waals surface area contributed by atoms with Gasteiger partial charge >= 0.3 is 0 Å². The zero-order valence-corrected chi connectivity index (χ0v) is 17.1. The summed E-state index contributed by atoms with van der Waals surface area (Å²) in [4.78, 5) is 23.5. The molecule has 3 aromatic heterocycles. The summed E-state index contributed by atoms with van der Waals surface area (Å²) in [5, 5.41) is 0.907. The zero-order valence-electron chi connectivity index (χ0n) is 17.1. The highest BCUT2D eigenvalue weighted by atomic mass is 19.1. The van der Waals surface area contributed by atoms with Crippen molar-refractivity contribution in [1.29, 1.82) is 0 Å². The average molecular weight is 422 g/mol. The normalized spacial score (nSPS) is 16.2. The summed E-state index contributed by atoms with van der Waals surface area (Å²) in [5.41, 5.74) is 5.01. The van der Waals surface area contributed by atoms with Crippen LogP contribution in [0.1, 0.15) is 18.0 Å². The number of aromatic amines is 1. The molecule has 1 aliphatic rings.